The summed E-state index contributed by atoms with van der Waals surface area (Å²) in [4.78, 5) is 2.82. The van der Waals surface area contributed by atoms with Crippen LogP contribution in [0.4, 0.5) is 0 Å². The molecular weight excluding hydrogens is 228 g/mol. The van der Waals surface area contributed by atoms with Crippen molar-refractivity contribution in [3.05, 3.63) is 0 Å². The van der Waals surface area contributed by atoms with Crippen molar-refractivity contribution in [3.63, 3.8) is 0 Å². The van der Waals surface area contributed by atoms with Crippen LogP contribution in [0.5, 0.6) is 0 Å². The van der Waals surface area contributed by atoms with Crippen molar-refractivity contribution < 1.29 is 0 Å². The molecule has 1 aliphatic heterocycles. The first-order valence-corrected chi connectivity index (χ1v) is 8.48. The second-order valence-corrected chi connectivity index (χ2v) is 7.10. The molecule has 0 aromatic heterocycles. The summed E-state index contributed by atoms with van der Waals surface area (Å²) in [5, 5.41) is 3.71. The first-order chi connectivity index (χ1) is 8.27. The van der Waals surface area contributed by atoms with Gasteiger partial charge in [0.05, 0.1) is 0 Å². The zero-order valence-electron chi connectivity index (χ0n) is 11.5. The third-order valence-electron chi connectivity index (χ3n) is 4.44. The Kier molecular flexibility index (Phi) is 5.19. The monoisotopic (exact) mass is 256 g/mol. The Morgan fingerprint density at radius 2 is 2.06 bits per heavy atom. The Labute approximate surface area is 111 Å². The average molecular weight is 256 g/mol. The van der Waals surface area contributed by atoms with Gasteiger partial charge in [0.15, 0.2) is 0 Å². The molecule has 2 aliphatic rings. The number of piperazine rings is 1. The fourth-order valence-electron chi connectivity index (χ4n) is 3.42. The molecular formula is C14H28N2S. The summed E-state index contributed by atoms with van der Waals surface area (Å²) in [6, 6.07) is 0.675. The number of nitrogens with zero attached hydrogens (tertiary/aromatic N) is 1. The number of rotatable bonds is 4. The fourth-order valence-corrected chi connectivity index (χ4v) is 4.05. The quantitative estimate of drug-likeness (QED) is 0.779. The van der Waals surface area contributed by atoms with Crippen LogP contribution < -0.4 is 5.32 Å². The van der Waals surface area contributed by atoms with Gasteiger partial charge < -0.3 is 5.32 Å². The molecule has 17 heavy (non-hydrogen) atoms. The molecule has 2 nitrogen and oxygen atoms in total. The molecule has 1 aliphatic carbocycles. The van der Waals surface area contributed by atoms with Gasteiger partial charge in [-0.25, -0.2) is 0 Å². The van der Waals surface area contributed by atoms with E-state index in [0.717, 1.165) is 0 Å². The zero-order chi connectivity index (χ0) is 12.1. The maximum atomic E-state index is 3.71. The van der Waals surface area contributed by atoms with Gasteiger partial charge in [-0.2, -0.15) is 11.8 Å². The molecule has 100 valence electrons. The van der Waals surface area contributed by atoms with Gasteiger partial charge in [0.25, 0.3) is 0 Å². The summed E-state index contributed by atoms with van der Waals surface area (Å²) in [7, 11) is 0. The van der Waals surface area contributed by atoms with E-state index >= 15 is 0 Å². The van der Waals surface area contributed by atoms with Gasteiger partial charge in [0.1, 0.15) is 0 Å². The van der Waals surface area contributed by atoms with Gasteiger partial charge in [0, 0.05) is 37.0 Å². The van der Waals surface area contributed by atoms with Crippen molar-refractivity contribution in [1.82, 2.24) is 10.2 Å². The first kappa shape index (κ1) is 13.7. The predicted molar refractivity (Wildman–Crippen MR) is 77.9 cm³/mol. The Morgan fingerprint density at radius 3 is 2.76 bits per heavy atom. The van der Waals surface area contributed by atoms with Crippen LogP contribution in [0, 0.1) is 0 Å². The summed E-state index contributed by atoms with van der Waals surface area (Å²) >= 11 is 2.09. The average Bonchev–Trinajstić information content (AvgIpc) is 2.36. The second-order valence-electron chi connectivity index (χ2n) is 5.71. The van der Waals surface area contributed by atoms with Crippen molar-refractivity contribution in [1.29, 1.82) is 0 Å². The van der Waals surface area contributed by atoms with Crippen LogP contribution in [0.2, 0.25) is 0 Å². The Hall–Kier alpha value is 0.270. The molecule has 3 heteroatoms. The molecule has 1 spiro atoms. The van der Waals surface area contributed by atoms with Gasteiger partial charge in [-0.15, -0.1) is 0 Å². The molecule has 0 amide bonds. The lowest BCUT2D eigenvalue weighted by molar-refractivity contribution is 0.0181. The summed E-state index contributed by atoms with van der Waals surface area (Å²) in [5.41, 5.74) is 0.513. The van der Waals surface area contributed by atoms with Crippen molar-refractivity contribution in [2.45, 2.75) is 57.5 Å². The third-order valence-corrected chi connectivity index (χ3v) is 5.32. The smallest absolute Gasteiger partial charge is 0.0335 e. The number of hydrogen-bond donors (Lipinski definition) is 1. The fraction of sp³-hybridized carbons (Fsp3) is 1.00. The van der Waals surface area contributed by atoms with Gasteiger partial charge in [-0.05, 0) is 25.5 Å². The Bertz CT molecular complexity index is 226. The van der Waals surface area contributed by atoms with Gasteiger partial charge in [0.2, 0.25) is 0 Å². The van der Waals surface area contributed by atoms with E-state index in [4.69, 9.17) is 0 Å². The highest BCUT2D eigenvalue weighted by atomic mass is 32.2. The van der Waals surface area contributed by atoms with Crippen LogP contribution in [0.15, 0.2) is 0 Å². The van der Waals surface area contributed by atoms with Crippen LogP contribution in [0.3, 0.4) is 0 Å². The molecule has 1 N–H and O–H groups in total. The van der Waals surface area contributed by atoms with Crippen molar-refractivity contribution in [2.75, 3.05) is 31.1 Å². The van der Waals surface area contributed by atoms with E-state index in [1.54, 1.807) is 0 Å². The molecule has 0 aromatic rings. The topological polar surface area (TPSA) is 15.3 Å². The van der Waals surface area contributed by atoms with Crippen molar-refractivity contribution >= 4 is 11.8 Å². The maximum Gasteiger partial charge on any atom is 0.0335 e. The molecule has 1 saturated carbocycles. The van der Waals surface area contributed by atoms with Crippen molar-refractivity contribution in [3.8, 4) is 0 Å². The zero-order valence-corrected chi connectivity index (χ0v) is 12.3. The minimum Gasteiger partial charge on any atom is -0.311 e. The van der Waals surface area contributed by atoms with E-state index in [-0.39, 0.29) is 0 Å². The van der Waals surface area contributed by atoms with Crippen LogP contribution in [0.25, 0.3) is 0 Å². The number of nitrogens with one attached hydrogen (secondary N) is 1. The van der Waals surface area contributed by atoms with Crippen LogP contribution in [-0.2, 0) is 0 Å². The normalized spacial score (nSPS) is 29.6. The highest BCUT2D eigenvalue weighted by molar-refractivity contribution is 7.99. The highest BCUT2D eigenvalue weighted by Crippen LogP contribution is 2.35. The van der Waals surface area contributed by atoms with E-state index in [2.05, 4.69) is 35.8 Å². The number of thioether (sulfide) groups is 1. The standard InChI is InChI=1S/C14H28N2S/c1-3-17-10-9-16-11-13(2)15-12-14(16)7-5-4-6-8-14/h13,15H,3-12H2,1-2H3. The lowest BCUT2D eigenvalue weighted by Crippen LogP contribution is -2.65. The number of hydrogen-bond acceptors (Lipinski definition) is 3. The molecule has 0 aromatic carbocycles. The maximum absolute atomic E-state index is 3.71. The lowest BCUT2D eigenvalue weighted by Gasteiger charge is -2.51. The largest absolute Gasteiger partial charge is 0.311 e. The Morgan fingerprint density at radius 1 is 1.29 bits per heavy atom. The molecule has 2 fully saturated rings. The van der Waals surface area contributed by atoms with Gasteiger partial charge in [-0.1, -0.05) is 26.2 Å². The molecule has 0 radical (unpaired) electrons. The third kappa shape index (κ3) is 3.39. The first-order valence-electron chi connectivity index (χ1n) is 7.33. The minimum atomic E-state index is 0.513. The van der Waals surface area contributed by atoms with Gasteiger partial charge in [-0.3, -0.25) is 4.90 Å². The molecule has 1 saturated heterocycles. The second kappa shape index (κ2) is 6.44. The molecule has 2 rings (SSSR count). The highest BCUT2D eigenvalue weighted by Gasteiger charge is 2.40. The summed E-state index contributed by atoms with van der Waals surface area (Å²) in [6.45, 7) is 8.37. The summed E-state index contributed by atoms with van der Waals surface area (Å²) in [6.07, 6.45) is 7.17. The Balaban J connectivity index is 1.95. The van der Waals surface area contributed by atoms with Crippen LogP contribution in [-0.4, -0.2) is 47.6 Å². The molecule has 1 atom stereocenters. The van der Waals surface area contributed by atoms with Crippen LogP contribution in [0.1, 0.15) is 46.0 Å². The van der Waals surface area contributed by atoms with E-state index in [1.165, 1.54) is 63.2 Å². The summed E-state index contributed by atoms with van der Waals surface area (Å²) < 4.78 is 0. The minimum absolute atomic E-state index is 0.513. The molecule has 1 heterocycles. The van der Waals surface area contributed by atoms with E-state index < -0.39 is 0 Å². The van der Waals surface area contributed by atoms with E-state index in [1.807, 2.05) is 0 Å². The predicted octanol–water partition coefficient (Wildman–Crippen LogP) is 2.74. The molecule has 0 bridgehead atoms. The van der Waals surface area contributed by atoms with Crippen LogP contribution >= 0.6 is 11.8 Å². The van der Waals surface area contributed by atoms with E-state index in [9.17, 15) is 0 Å². The molecule has 1 unspecified atom stereocenters. The lowest BCUT2D eigenvalue weighted by atomic mass is 9.78. The SMILES string of the molecule is CCSCCN1CC(C)NCC12CCCCC2. The van der Waals surface area contributed by atoms with Crippen molar-refractivity contribution in [2.24, 2.45) is 0 Å². The summed E-state index contributed by atoms with van der Waals surface area (Å²) in [5.74, 6) is 2.57. The van der Waals surface area contributed by atoms with Gasteiger partial charge >= 0.3 is 0 Å². The van der Waals surface area contributed by atoms with E-state index in [0.29, 0.717) is 11.6 Å².